The van der Waals surface area contributed by atoms with Crippen LogP contribution in [0.2, 0.25) is 0 Å². The van der Waals surface area contributed by atoms with E-state index < -0.39 is 0 Å². The second-order valence-electron chi connectivity index (χ2n) is 7.51. The first-order valence-electron chi connectivity index (χ1n) is 8.87. The Balaban J connectivity index is 1.60. The van der Waals surface area contributed by atoms with Gasteiger partial charge in [0.15, 0.2) is 0 Å². The van der Waals surface area contributed by atoms with Gasteiger partial charge in [0.2, 0.25) is 0 Å². The number of nitrogens with one attached hydrogen (secondary N) is 1. The van der Waals surface area contributed by atoms with Gasteiger partial charge in [0.1, 0.15) is 0 Å². The highest BCUT2D eigenvalue weighted by molar-refractivity contribution is 4.95. The maximum atomic E-state index is 3.84. The van der Waals surface area contributed by atoms with Gasteiger partial charge < -0.3 is 10.2 Å². The molecule has 2 rings (SSSR count). The Morgan fingerprint density at radius 3 is 2.43 bits per heavy atom. The third-order valence-corrected chi connectivity index (χ3v) is 5.09. The molecule has 0 aromatic heterocycles. The molecule has 2 heterocycles. The third-order valence-electron chi connectivity index (χ3n) is 5.09. The molecule has 1 unspecified atom stereocenters. The van der Waals surface area contributed by atoms with Crippen molar-refractivity contribution >= 4 is 0 Å². The average Bonchev–Trinajstić information content (AvgIpc) is 2.93. The summed E-state index contributed by atoms with van der Waals surface area (Å²) >= 11 is 0. The molecule has 0 amide bonds. The van der Waals surface area contributed by atoms with Gasteiger partial charge in [-0.2, -0.15) is 0 Å². The summed E-state index contributed by atoms with van der Waals surface area (Å²) in [5.41, 5.74) is 1.44. The zero-order chi connectivity index (χ0) is 15.2. The van der Waals surface area contributed by atoms with Crippen LogP contribution in [0, 0.1) is 5.92 Å². The Labute approximate surface area is 131 Å². The van der Waals surface area contributed by atoms with E-state index in [4.69, 9.17) is 0 Å². The minimum absolute atomic E-state index is 0.716. The predicted octanol–water partition coefficient (Wildman–Crippen LogP) is 2.74. The molecule has 0 aromatic carbocycles. The van der Waals surface area contributed by atoms with Gasteiger partial charge in [-0.3, -0.25) is 4.90 Å². The predicted molar refractivity (Wildman–Crippen MR) is 91.7 cm³/mol. The summed E-state index contributed by atoms with van der Waals surface area (Å²) in [6.45, 7) is 16.5. The maximum Gasteiger partial charge on any atom is 0.0165 e. The van der Waals surface area contributed by atoms with E-state index in [9.17, 15) is 0 Å². The number of hydrogen-bond acceptors (Lipinski definition) is 3. The molecule has 2 saturated heterocycles. The van der Waals surface area contributed by atoms with Gasteiger partial charge in [0.05, 0.1) is 0 Å². The second-order valence-corrected chi connectivity index (χ2v) is 7.51. The van der Waals surface area contributed by atoms with E-state index in [1.165, 1.54) is 57.6 Å². The molecule has 1 N–H and O–H groups in total. The Morgan fingerprint density at radius 1 is 1.14 bits per heavy atom. The molecule has 2 aliphatic heterocycles. The summed E-state index contributed by atoms with van der Waals surface area (Å²) in [5.74, 6) is 0.871. The number of rotatable bonds is 6. The Morgan fingerprint density at radius 2 is 1.86 bits per heavy atom. The average molecular weight is 293 g/mol. The molecule has 1 atom stereocenters. The first-order chi connectivity index (χ1) is 10.0. The van der Waals surface area contributed by atoms with Crippen LogP contribution < -0.4 is 5.32 Å². The molecule has 0 aliphatic carbocycles. The van der Waals surface area contributed by atoms with Crippen molar-refractivity contribution in [1.29, 1.82) is 0 Å². The summed E-state index contributed by atoms with van der Waals surface area (Å²) in [5, 5.41) is 3.84. The molecule has 122 valence electrons. The largest absolute Gasteiger partial charge is 0.314 e. The van der Waals surface area contributed by atoms with E-state index in [0.717, 1.165) is 18.5 Å². The number of hydrogen-bond donors (Lipinski definition) is 1. The fourth-order valence-electron chi connectivity index (χ4n) is 3.46. The molecule has 2 aliphatic rings. The highest BCUT2D eigenvalue weighted by Gasteiger charge is 2.25. The van der Waals surface area contributed by atoms with Gasteiger partial charge >= 0.3 is 0 Å². The zero-order valence-corrected chi connectivity index (χ0v) is 14.6. The van der Waals surface area contributed by atoms with Gasteiger partial charge in [-0.15, -0.1) is 0 Å². The number of allylic oxidation sites excluding steroid dienone is 1. The first kappa shape index (κ1) is 17.0. The monoisotopic (exact) mass is 293 g/mol. The van der Waals surface area contributed by atoms with E-state index in [1.54, 1.807) is 0 Å². The van der Waals surface area contributed by atoms with Crippen LogP contribution in [-0.2, 0) is 0 Å². The Hall–Kier alpha value is -0.380. The second kappa shape index (κ2) is 8.30. The van der Waals surface area contributed by atoms with Crippen LogP contribution in [0.3, 0.4) is 0 Å². The van der Waals surface area contributed by atoms with E-state index in [1.807, 2.05) is 0 Å². The van der Waals surface area contributed by atoms with Crippen molar-refractivity contribution in [3.8, 4) is 0 Å². The van der Waals surface area contributed by atoms with E-state index in [-0.39, 0.29) is 0 Å². The summed E-state index contributed by atoms with van der Waals surface area (Å²) in [6.07, 6.45) is 6.37. The summed E-state index contributed by atoms with van der Waals surface area (Å²) in [7, 11) is 0. The normalized spacial score (nSPS) is 25.7. The molecule has 0 saturated carbocycles. The lowest BCUT2D eigenvalue weighted by Gasteiger charge is -2.32. The minimum Gasteiger partial charge on any atom is -0.314 e. The molecule has 21 heavy (non-hydrogen) atoms. The van der Waals surface area contributed by atoms with Crippen LogP contribution in [-0.4, -0.2) is 61.2 Å². The summed E-state index contributed by atoms with van der Waals surface area (Å²) in [4.78, 5) is 5.20. The minimum atomic E-state index is 0.716. The summed E-state index contributed by atoms with van der Waals surface area (Å²) < 4.78 is 0. The third kappa shape index (κ3) is 5.72. The van der Waals surface area contributed by atoms with Crippen molar-refractivity contribution in [1.82, 2.24) is 15.1 Å². The summed E-state index contributed by atoms with van der Waals surface area (Å²) in [6, 6.07) is 1.47. The lowest BCUT2D eigenvalue weighted by Crippen LogP contribution is -2.44. The van der Waals surface area contributed by atoms with Crippen LogP contribution >= 0.6 is 0 Å². The molecule has 0 aromatic rings. The molecule has 0 radical (unpaired) electrons. The van der Waals surface area contributed by atoms with Crippen LogP contribution in [0.15, 0.2) is 11.6 Å². The van der Waals surface area contributed by atoms with E-state index in [0.29, 0.717) is 6.04 Å². The lowest BCUT2D eigenvalue weighted by atomic mass is 10.0. The SMILES string of the molecule is CC(C)=CCN1CCC(NCC2CCN(C(C)C)C2)CC1. The molecule has 3 nitrogen and oxygen atoms in total. The highest BCUT2D eigenvalue weighted by Crippen LogP contribution is 2.18. The maximum absolute atomic E-state index is 3.84. The number of nitrogens with zero attached hydrogens (tertiary/aromatic N) is 2. The fourth-order valence-corrected chi connectivity index (χ4v) is 3.46. The van der Waals surface area contributed by atoms with Crippen LogP contribution in [0.25, 0.3) is 0 Å². The van der Waals surface area contributed by atoms with Gasteiger partial charge in [-0.1, -0.05) is 11.6 Å². The molecular weight excluding hydrogens is 258 g/mol. The highest BCUT2D eigenvalue weighted by atomic mass is 15.2. The quantitative estimate of drug-likeness (QED) is 0.760. The van der Waals surface area contributed by atoms with Crippen molar-refractivity contribution < 1.29 is 0 Å². The molecular formula is C18H35N3. The van der Waals surface area contributed by atoms with Crippen LogP contribution in [0.4, 0.5) is 0 Å². The van der Waals surface area contributed by atoms with Crippen molar-refractivity contribution in [2.24, 2.45) is 5.92 Å². The smallest absolute Gasteiger partial charge is 0.0165 e. The Kier molecular flexibility index (Phi) is 6.72. The van der Waals surface area contributed by atoms with Crippen molar-refractivity contribution in [2.75, 3.05) is 39.3 Å². The van der Waals surface area contributed by atoms with Gasteiger partial charge in [0.25, 0.3) is 0 Å². The van der Waals surface area contributed by atoms with Crippen LogP contribution in [0.1, 0.15) is 47.0 Å². The van der Waals surface area contributed by atoms with Crippen LogP contribution in [0.5, 0.6) is 0 Å². The van der Waals surface area contributed by atoms with Gasteiger partial charge in [-0.25, -0.2) is 0 Å². The number of likely N-dealkylation sites (tertiary alicyclic amines) is 2. The van der Waals surface area contributed by atoms with Gasteiger partial charge in [0, 0.05) is 25.2 Å². The molecule has 0 bridgehead atoms. The van der Waals surface area contributed by atoms with E-state index in [2.05, 4.69) is 48.9 Å². The lowest BCUT2D eigenvalue weighted by molar-refractivity contribution is 0.209. The number of piperidine rings is 1. The zero-order valence-electron chi connectivity index (χ0n) is 14.6. The Bertz CT molecular complexity index is 325. The topological polar surface area (TPSA) is 18.5 Å². The van der Waals surface area contributed by atoms with Crippen molar-refractivity contribution in [3.05, 3.63) is 11.6 Å². The first-order valence-corrected chi connectivity index (χ1v) is 8.87. The standard InChI is InChI=1S/C18H35N3/c1-15(2)5-9-20-10-7-18(8-11-20)19-13-17-6-12-21(14-17)16(3)4/h5,16-19H,6-14H2,1-4H3. The molecule has 3 heteroatoms. The van der Waals surface area contributed by atoms with Gasteiger partial charge in [-0.05, 0) is 79.1 Å². The van der Waals surface area contributed by atoms with E-state index >= 15 is 0 Å². The van der Waals surface area contributed by atoms with Crippen molar-refractivity contribution in [3.63, 3.8) is 0 Å². The molecule has 0 spiro atoms. The van der Waals surface area contributed by atoms with Crippen molar-refractivity contribution in [2.45, 2.75) is 59.0 Å². The molecule has 2 fully saturated rings. The fraction of sp³-hybridized carbons (Fsp3) is 0.889.